The molecule has 0 bridgehead atoms. The Balaban J connectivity index is 1.73. The fourth-order valence-corrected chi connectivity index (χ4v) is 6.15. The van der Waals surface area contributed by atoms with Crippen LogP contribution in [-0.4, -0.2) is 63.3 Å². The Morgan fingerprint density at radius 1 is 1.06 bits per heavy atom. The molecule has 9 heteroatoms. The molecule has 0 spiro atoms. The molecular formula is C25H33N3O4S2. The second kappa shape index (κ2) is 11.8. The van der Waals surface area contributed by atoms with Gasteiger partial charge in [0.25, 0.3) is 0 Å². The first-order chi connectivity index (χ1) is 16.3. The molecule has 0 aliphatic carbocycles. The number of hydrogen-bond acceptors (Lipinski definition) is 7. The van der Waals surface area contributed by atoms with Crippen LogP contribution in [0.1, 0.15) is 32.3 Å². The third-order valence-electron chi connectivity index (χ3n) is 5.90. The minimum absolute atomic E-state index is 0.0894. The Morgan fingerprint density at radius 3 is 2.38 bits per heavy atom. The summed E-state index contributed by atoms with van der Waals surface area (Å²) in [7, 11) is -1.94. The smallest absolute Gasteiger partial charge is 0.228 e. The SMILES string of the molecule is CCN(CC)CCN(C(=O)CCCS(=O)(=O)c1ccc(OC)cc1)c1nc2c(C)cccc2s1. The highest BCUT2D eigenvalue weighted by Crippen LogP contribution is 2.31. The average molecular weight is 504 g/mol. The second-order valence-corrected chi connectivity index (χ2v) is 11.2. The monoisotopic (exact) mass is 503 g/mol. The first-order valence-electron chi connectivity index (χ1n) is 11.5. The lowest BCUT2D eigenvalue weighted by atomic mass is 10.2. The number of rotatable bonds is 12. The lowest BCUT2D eigenvalue weighted by Crippen LogP contribution is -2.38. The molecule has 0 aliphatic rings. The number of hydrogen-bond donors (Lipinski definition) is 0. The molecule has 1 heterocycles. The first-order valence-corrected chi connectivity index (χ1v) is 14.0. The van der Waals surface area contributed by atoms with Gasteiger partial charge in [-0.3, -0.25) is 9.69 Å². The third-order valence-corrected chi connectivity index (χ3v) is 8.76. The highest BCUT2D eigenvalue weighted by molar-refractivity contribution is 7.91. The normalized spacial score (nSPS) is 11.8. The molecule has 0 saturated heterocycles. The van der Waals surface area contributed by atoms with E-state index in [1.54, 1.807) is 17.0 Å². The van der Waals surface area contributed by atoms with Gasteiger partial charge >= 0.3 is 0 Å². The number of sulfone groups is 1. The highest BCUT2D eigenvalue weighted by atomic mass is 32.2. The predicted octanol–water partition coefficient (Wildman–Crippen LogP) is 4.54. The van der Waals surface area contributed by atoms with Crippen LogP contribution in [0.25, 0.3) is 10.2 Å². The Bertz CT molecular complexity index is 1200. The van der Waals surface area contributed by atoms with E-state index in [1.807, 2.05) is 25.1 Å². The van der Waals surface area contributed by atoms with Crippen molar-refractivity contribution in [1.29, 1.82) is 0 Å². The maximum Gasteiger partial charge on any atom is 0.228 e. The number of benzene rings is 2. The number of nitrogens with zero attached hydrogens (tertiary/aromatic N) is 3. The Morgan fingerprint density at radius 2 is 1.76 bits per heavy atom. The molecule has 7 nitrogen and oxygen atoms in total. The first kappa shape index (κ1) is 26.1. The van der Waals surface area contributed by atoms with Crippen LogP contribution >= 0.6 is 11.3 Å². The van der Waals surface area contributed by atoms with Crippen LogP contribution in [0.5, 0.6) is 5.75 Å². The van der Waals surface area contributed by atoms with E-state index in [0.717, 1.165) is 35.4 Å². The number of likely N-dealkylation sites (N-methyl/N-ethyl adjacent to an activating group) is 1. The number of para-hydroxylation sites is 1. The largest absolute Gasteiger partial charge is 0.497 e. The van der Waals surface area contributed by atoms with Crippen LogP contribution < -0.4 is 9.64 Å². The van der Waals surface area contributed by atoms with Gasteiger partial charge < -0.3 is 9.64 Å². The maximum atomic E-state index is 13.3. The van der Waals surface area contributed by atoms with Crippen molar-refractivity contribution in [3.63, 3.8) is 0 Å². The number of fused-ring (bicyclic) bond motifs is 1. The number of aromatic nitrogens is 1. The molecule has 0 atom stereocenters. The zero-order valence-electron chi connectivity index (χ0n) is 20.3. The Hall–Kier alpha value is -2.49. The van der Waals surface area contributed by atoms with Gasteiger partial charge in [-0.05, 0) is 62.3 Å². The number of methoxy groups -OCH3 is 1. The second-order valence-electron chi connectivity index (χ2n) is 8.09. The van der Waals surface area contributed by atoms with Gasteiger partial charge in [-0.2, -0.15) is 0 Å². The number of carbonyl (C=O) groups excluding carboxylic acids is 1. The third kappa shape index (κ3) is 6.34. The summed E-state index contributed by atoms with van der Waals surface area (Å²) in [6, 6.07) is 12.3. The topological polar surface area (TPSA) is 79.8 Å². The standard InChI is InChI=1S/C25H33N3O4S2/c1-5-27(6-2)16-17-28(25-26-24-19(3)9-7-10-22(24)33-25)23(29)11-8-18-34(30,31)21-14-12-20(32-4)13-15-21/h7,9-10,12-15H,5-6,8,11,16-18H2,1-4H3. The van der Waals surface area contributed by atoms with E-state index in [9.17, 15) is 13.2 Å². The van der Waals surface area contributed by atoms with Crippen LogP contribution in [-0.2, 0) is 14.6 Å². The summed E-state index contributed by atoms with van der Waals surface area (Å²) in [4.78, 5) is 22.2. The van der Waals surface area contributed by atoms with E-state index in [2.05, 4.69) is 18.7 Å². The van der Waals surface area contributed by atoms with Crippen molar-refractivity contribution in [2.45, 2.75) is 38.5 Å². The van der Waals surface area contributed by atoms with Gasteiger partial charge in [-0.25, -0.2) is 13.4 Å². The summed E-state index contributed by atoms with van der Waals surface area (Å²) in [5.41, 5.74) is 1.98. The molecule has 3 rings (SSSR count). The molecular weight excluding hydrogens is 470 g/mol. The summed E-state index contributed by atoms with van der Waals surface area (Å²) >= 11 is 1.50. The van der Waals surface area contributed by atoms with Crippen molar-refractivity contribution in [3.8, 4) is 5.75 Å². The van der Waals surface area contributed by atoms with E-state index >= 15 is 0 Å². The summed E-state index contributed by atoms with van der Waals surface area (Å²) in [5, 5.41) is 0.666. The van der Waals surface area contributed by atoms with Crippen LogP contribution in [0.4, 0.5) is 5.13 Å². The summed E-state index contributed by atoms with van der Waals surface area (Å²) in [6.45, 7) is 9.26. The van der Waals surface area contributed by atoms with Crippen LogP contribution in [0.2, 0.25) is 0 Å². The minimum Gasteiger partial charge on any atom is -0.497 e. The number of amides is 1. The molecule has 184 valence electrons. The van der Waals surface area contributed by atoms with E-state index in [-0.39, 0.29) is 29.4 Å². The van der Waals surface area contributed by atoms with Crippen LogP contribution in [0.15, 0.2) is 47.4 Å². The van der Waals surface area contributed by atoms with Crippen LogP contribution in [0.3, 0.4) is 0 Å². The van der Waals surface area contributed by atoms with Crippen molar-refractivity contribution in [1.82, 2.24) is 9.88 Å². The van der Waals surface area contributed by atoms with E-state index < -0.39 is 9.84 Å². The predicted molar refractivity (Wildman–Crippen MR) is 139 cm³/mol. The Kier molecular flexibility index (Phi) is 9.04. The molecule has 1 amide bonds. The molecule has 1 aromatic heterocycles. The maximum absolute atomic E-state index is 13.3. The molecule has 0 N–H and O–H groups in total. The Labute approximate surface area is 206 Å². The summed E-state index contributed by atoms with van der Waals surface area (Å²) in [5.74, 6) is 0.409. The molecule has 0 radical (unpaired) electrons. The average Bonchev–Trinajstić information content (AvgIpc) is 3.27. The van der Waals surface area contributed by atoms with Gasteiger partial charge in [0.05, 0.1) is 28.0 Å². The number of carbonyl (C=O) groups is 1. The molecule has 0 saturated carbocycles. The fourth-order valence-electron chi connectivity index (χ4n) is 3.75. The number of ether oxygens (including phenoxy) is 1. The van der Waals surface area contributed by atoms with Gasteiger partial charge in [0.15, 0.2) is 15.0 Å². The lowest BCUT2D eigenvalue weighted by Gasteiger charge is -2.24. The van der Waals surface area contributed by atoms with Gasteiger partial charge in [0.2, 0.25) is 5.91 Å². The molecule has 2 aromatic carbocycles. The summed E-state index contributed by atoms with van der Waals surface area (Å²) < 4.78 is 31.6. The van der Waals surface area contributed by atoms with E-state index in [4.69, 9.17) is 9.72 Å². The van der Waals surface area contributed by atoms with Crippen molar-refractivity contribution in [2.24, 2.45) is 0 Å². The minimum atomic E-state index is -3.48. The van der Waals surface area contributed by atoms with Gasteiger partial charge in [0, 0.05) is 19.5 Å². The molecule has 0 aliphatic heterocycles. The zero-order valence-corrected chi connectivity index (χ0v) is 21.9. The molecule has 34 heavy (non-hydrogen) atoms. The molecule has 0 fully saturated rings. The highest BCUT2D eigenvalue weighted by Gasteiger charge is 2.22. The summed E-state index contributed by atoms with van der Waals surface area (Å²) in [6.07, 6.45) is 0.390. The quantitative estimate of drug-likeness (QED) is 0.361. The number of thiazole rings is 1. The van der Waals surface area contributed by atoms with Gasteiger partial charge in [0.1, 0.15) is 5.75 Å². The van der Waals surface area contributed by atoms with E-state index in [1.165, 1.54) is 30.6 Å². The van der Waals surface area contributed by atoms with Gasteiger partial charge in [-0.1, -0.05) is 37.3 Å². The van der Waals surface area contributed by atoms with Crippen molar-refractivity contribution >= 4 is 42.4 Å². The van der Waals surface area contributed by atoms with Crippen molar-refractivity contribution in [2.75, 3.05) is 43.9 Å². The molecule has 0 unspecified atom stereocenters. The fraction of sp³-hybridized carbons (Fsp3) is 0.440. The van der Waals surface area contributed by atoms with Crippen LogP contribution in [0, 0.1) is 6.92 Å². The lowest BCUT2D eigenvalue weighted by molar-refractivity contribution is -0.118. The van der Waals surface area contributed by atoms with Crippen molar-refractivity contribution in [3.05, 3.63) is 48.0 Å². The van der Waals surface area contributed by atoms with Gasteiger partial charge in [-0.15, -0.1) is 0 Å². The number of anilines is 1. The van der Waals surface area contributed by atoms with Crippen molar-refractivity contribution < 1.29 is 17.9 Å². The zero-order chi connectivity index (χ0) is 24.7. The van der Waals surface area contributed by atoms with E-state index in [0.29, 0.717) is 17.4 Å². The molecule has 3 aromatic rings. The number of aryl methyl sites for hydroxylation is 1.